The molecule has 9 nitrogen and oxygen atoms in total. The van der Waals surface area contributed by atoms with E-state index in [0.717, 1.165) is 29.7 Å². The number of fused-ring (bicyclic) bond motifs is 1. The molecule has 0 bridgehead atoms. The van der Waals surface area contributed by atoms with Crippen LogP contribution in [-0.2, 0) is 21.8 Å². The van der Waals surface area contributed by atoms with Crippen LogP contribution in [0.5, 0.6) is 17.2 Å². The van der Waals surface area contributed by atoms with Crippen molar-refractivity contribution < 1.29 is 28.9 Å². The molecule has 1 fully saturated rings. The van der Waals surface area contributed by atoms with Crippen molar-refractivity contribution in [1.82, 2.24) is 10.2 Å². The van der Waals surface area contributed by atoms with Crippen LogP contribution in [0.3, 0.4) is 0 Å². The van der Waals surface area contributed by atoms with Crippen molar-refractivity contribution >= 4 is 68.9 Å². The summed E-state index contributed by atoms with van der Waals surface area (Å²) in [5.74, 6) is 0.291. The van der Waals surface area contributed by atoms with Crippen LogP contribution in [0.15, 0.2) is 64.5 Å². The Hall–Kier alpha value is -3.77. The van der Waals surface area contributed by atoms with Gasteiger partial charge in [0.15, 0.2) is 15.8 Å². The lowest BCUT2D eigenvalue weighted by atomic mass is 9.94. The number of halogens is 2. The minimum absolute atomic E-state index is 0.00166. The number of aromatic nitrogens is 2. The topological polar surface area (TPSA) is 111 Å². The number of carbonyl (C=O) groups excluding carboxylic acids is 2. The number of hydrogen-bond acceptors (Lipinski definition) is 10. The molecule has 0 aliphatic carbocycles. The van der Waals surface area contributed by atoms with E-state index in [2.05, 4.69) is 17.1 Å². The maximum Gasteiger partial charge on any atom is 0.301 e. The van der Waals surface area contributed by atoms with Crippen molar-refractivity contribution in [3.8, 4) is 17.2 Å². The third kappa shape index (κ3) is 7.01. The van der Waals surface area contributed by atoms with Crippen LogP contribution in [0, 0.1) is 0 Å². The second-order valence-electron chi connectivity index (χ2n) is 11.3. The highest BCUT2D eigenvalue weighted by atomic mass is 35.5. The molecule has 0 radical (unpaired) electrons. The summed E-state index contributed by atoms with van der Waals surface area (Å²) in [5.41, 5.74) is 2.66. The van der Waals surface area contributed by atoms with E-state index in [9.17, 15) is 14.7 Å². The van der Waals surface area contributed by atoms with Gasteiger partial charge in [-0.25, -0.2) is 0 Å². The van der Waals surface area contributed by atoms with Gasteiger partial charge >= 0.3 is 5.91 Å². The van der Waals surface area contributed by atoms with Gasteiger partial charge in [-0.05, 0) is 79.4 Å². The van der Waals surface area contributed by atoms with Crippen molar-refractivity contribution in [2.24, 2.45) is 0 Å². The van der Waals surface area contributed by atoms with Crippen LogP contribution >= 0.6 is 46.3 Å². The number of ether oxygens (including phenoxy) is 3. The molecule has 2 aliphatic heterocycles. The first-order chi connectivity index (χ1) is 23.2. The van der Waals surface area contributed by atoms with Crippen molar-refractivity contribution in [2.45, 2.75) is 62.3 Å². The molecule has 6 rings (SSSR count). The van der Waals surface area contributed by atoms with Gasteiger partial charge in [0.2, 0.25) is 5.13 Å². The molecular formula is C35H33Cl2N3O6S2. The van der Waals surface area contributed by atoms with Crippen LogP contribution in [0.4, 0.5) is 5.13 Å². The molecule has 250 valence electrons. The molecule has 0 spiro atoms. The molecule has 1 amide bonds. The van der Waals surface area contributed by atoms with E-state index >= 15 is 0 Å². The first-order valence-electron chi connectivity index (χ1n) is 15.6. The third-order valence-corrected chi connectivity index (χ3v) is 10.6. The third-order valence-electron chi connectivity index (χ3n) is 7.92. The van der Waals surface area contributed by atoms with Gasteiger partial charge in [-0.2, -0.15) is 0 Å². The van der Waals surface area contributed by atoms with E-state index in [4.69, 9.17) is 37.4 Å². The van der Waals surface area contributed by atoms with Gasteiger partial charge in [0.05, 0.1) is 24.8 Å². The molecular weight excluding hydrogens is 693 g/mol. The van der Waals surface area contributed by atoms with Gasteiger partial charge in [0, 0.05) is 27.8 Å². The first kappa shape index (κ1) is 34.1. The van der Waals surface area contributed by atoms with Gasteiger partial charge in [0.1, 0.15) is 17.6 Å². The molecule has 2 aliphatic rings. The maximum atomic E-state index is 13.8. The highest BCUT2D eigenvalue weighted by molar-refractivity contribution is 8.00. The number of aliphatic hydroxyl groups excluding tert-OH is 1. The normalized spacial score (nSPS) is 18.2. The lowest BCUT2D eigenvalue weighted by Gasteiger charge is -2.23. The second kappa shape index (κ2) is 14.8. The zero-order chi connectivity index (χ0) is 33.9. The number of hydrogen-bond donors (Lipinski definition) is 1. The highest BCUT2D eigenvalue weighted by Gasteiger charge is 2.48. The van der Waals surface area contributed by atoms with E-state index in [-0.39, 0.29) is 22.6 Å². The van der Waals surface area contributed by atoms with Crippen LogP contribution in [0.25, 0.3) is 5.76 Å². The zero-order valence-electron chi connectivity index (χ0n) is 26.5. The standard InChI is InChI=1S/C35H33Cl2N3O6S2/c1-4-6-13-45-27-12-8-20(16-28(27)44-5-2)30-29(31(41)21-9-11-26-23(15-21)14-19(3)46-26)32(42)33(43)40(30)34-38-39-35(48-34)47-18-22-7-10-24(36)17-25(22)37/h7-12,15-17,19,30,41H,4-6,13-14,18H2,1-3H3/t19-,30+/m1/s1. The molecule has 3 aromatic carbocycles. The number of ketones is 1. The lowest BCUT2D eigenvalue weighted by molar-refractivity contribution is -0.132. The number of unbranched alkanes of at least 4 members (excludes halogenated alkanes) is 1. The predicted octanol–water partition coefficient (Wildman–Crippen LogP) is 8.66. The van der Waals surface area contributed by atoms with Crippen molar-refractivity contribution in [3.63, 3.8) is 0 Å². The number of benzene rings is 3. The number of anilines is 1. The second-order valence-corrected chi connectivity index (χ2v) is 14.4. The first-order valence-corrected chi connectivity index (χ1v) is 18.1. The van der Waals surface area contributed by atoms with Crippen LogP contribution in [0.2, 0.25) is 10.0 Å². The van der Waals surface area contributed by atoms with Crippen LogP contribution in [0.1, 0.15) is 61.9 Å². The molecule has 1 aromatic heterocycles. The number of thioether (sulfide) groups is 1. The molecule has 0 unspecified atom stereocenters. The molecule has 48 heavy (non-hydrogen) atoms. The Bertz CT molecular complexity index is 1900. The minimum Gasteiger partial charge on any atom is -0.507 e. The number of aliphatic hydroxyl groups is 1. The summed E-state index contributed by atoms with van der Waals surface area (Å²) >= 11 is 15.0. The average Bonchev–Trinajstić information content (AvgIpc) is 3.76. The Morgan fingerprint density at radius 3 is 2.67 bits per heavy atom. The van der Waals surface area contributed by atoms with Gasteiger partial charge in [-0.1, -0.05) is 71.8 Å². The Morgan fingerprint density at radius 1 is 1.06 bits per heavy atom. The Kier molecular flexibility index (Phi) is 10.5. The fourth-order valence-electron chi connectivity index (χ4n) is 5.62. The van der Waals surface area contributed by atoms with Crippen molar-refractivity contribution in [3.05, 3.63) is 92.5 Å². The number of Topliss-reactive ketones (excluding diaryl/α,β-unsaturated/α-hetero) is 1. The minimum atomic E-state index is -1.02. The predicted molar refractivity (Wildman–Crippen MR) is 189 cm³/mol. The Morgan fingerprint density at radius 2 is 1.90 bits per heavy atom. The summed E-state index contributed by atoms with van der Waals surface area (Å²) in [6, 6.07) is 14.8. The van der Waals surface area contributed by atoms with E-state index in [1.165, 1.54) is 28.0 Å². The van der Waals surface area contributed by atoms with E-state index in [0.29, 0.717) is 62.4 Å². The number of amides is 1. The van der Waals surface area contributed by atoms with Crippen molar-refractivity contribution in [2.75, 3.05) is 18.1 Å². The number of carbonyl (C=O) groups is 2. The molecule has 1 N–H and O–H groups in total. The summed E-state index contributed by atoms with van der Waals surface area (Å²) in [6.45, 7) is 6.80. The molecule has 1 saturated heterocycles. The smallest absolute Gasteiger partial charge is 0.301 e. The average molecular weight is 727 g/mol. The summed E-state index contributed by atoms with van der Waals surface area (Å²) in [6.07, 6.45) is 2.51. The number of rotatable bonds is 12. The van der Waals surface area contributed by atoms with Gasteiger partial charge in [0.25, 0.3) is 5.78 Å². The van der Waals surface area contributed by atoms with Crippen LogP contribution in [-0.4, -0.2) is 46.3 Å². The Balaban J connectivity index is 1.41. The molecule has 13 heteroatoms. The van der Waals surface area contributed by atoms with Gasteiger partial charge in [-0.15, -0.1) is 10.2 Å². The highest BCUT2D eigenvalue weighted by Crippen LogP contribution is 2.46. The summed E-state index contributed by atoms with van der Waals surface area (Å²) in [7, 11) is 0. The number of nitrogens with zero attached hydrogens (tertiary/aromatic N) is 3. The van der Waals surface area contributed by atoms with Crippen molar-refractivity contribution in [1.29, 1.82) is 0 Å². The van der Waals surface area contributed by atoms with Crippen LogP contribution < -0.4 is 19.1 Å². The lowest BCUT2D eigenvalue weighted by Crippen LogP contribution is -2.29. The van der Waals surface area contributed by atoms with E-state index in [1.807, 2.05) is 19.9 Å². The summed E-state index contributed by atoms with van der Waals surface area (Å²) in [4.78, 5) is 29.0. The SMILES string of the molecule is CCCCOc1ccc([C@H]2C(=C(O)c3ccc4c(c3)C[C@@H](C)O4)C(=O)C(=O)N2c2nnc(SCc3ccc(Cl)cc3Cl)s2)cc1OCC. The summed E-state index contributed by atoms with van der Waals surface area (Å²) in [5, 5.41) is 21.7. The molecule has 0 saturated carbocycles. The molecule has 4 aromatic rings. The fraction of sp³-hybridized carbons (Fsp3) is 0.314. The Labute approximate surface area is 296 Å². The van der Waals surface area contributed by atoms with Gasteiger partial charge < -0.3 is 19.3 Å². The fourth-order valence-corrected chi connectivity index (χ4v) is 8.04. The monoisotopic (exact) mass is 725 g/mol. The van der Waals surface area contributed by atoms with Gasteiger partial charge in [-0.3, -0.25) is 14.5 Å². The van der Waals surface area contributed by atoms with E-state index in [1.54, 1.807) is 48.5 Å². The van der Waals surface area contributed by atoms with E-state index < -0.39 is 17.7 Å². The quantitative estimate of drug-likeness (QED) is 0.0383. The molecule has 3 heterocycles. The zero-order valence-corrected chi connectivity index (χ0v) is 29.6. The summed E-state index contributed by atoms with van der Waals surface area (Å²) < 4.78 is 18.3. The largest absolute Gasteiger partial charge is 0.507 e. The maximum absolute atomic E-state index is 13.8. The molecule has 2 atom stereocenters.